The van der Waals surface area contributed by atoms with E-state index in [0.29, 0.717) is 13.1 Å². The van der Waals surface area contributed by atoms with Crippen molar-refractivity contribution in [3.05, 3.63) is 65.7 Å². The van der Waals surface area contributed by atoms with Crippen LogP contribution in [0.1, 0.15) is 28.8 Å². The number of piperidine rings is 1. The quantitative estimate of drug-likeness (QED) is 0.901. The standard InChI is InChI=1S/C20H23N3O2/c1-15-7-5-6-10-18(15)19(24)23-13-11-17(12-14-23)22-20(25)21-16-8-3-2-4-9-16/h2-10,17H,11-14H2,1H3,(H2,21,22,25). The maximum atomic E-state index is 12.6. The van der Waals surface area contributed by atoms with Crippen LogP contribution >= 0.6 is 0 Å². The Balaban J connectivity index is 1.49. The summed E-state index contributed by atoms with van der Waals surface area (Å²) in [5.41, 5.74) is 2.53. The fraction of sp³-hybridized carbons (Fsp3) is 0.300. The molecule has 1 fully saturated rings. The van der Waals surface area contributed by atoms with Crippen molar-refractivity contribution in [2.45, 2.75) is 25.8 Å². The van der Waals surface area contributed by atoms with Crippen LogP contribution in [0.4, 0.5) is 10.5 Å². The lowest BCUT2D eigenvalue weighted by atomic mass is 10.0. The highest BCUT2D eigenvalue weighted by Crippen LogP contribution is 2.16. The molecule has 1 saturated heterocycles. The second-order valence-corrected chi connectivity index (χ2v) is 6.35. The Morgan fingerprint density at radius 2 is 1.60 bits per heavy atom. The van der Waals surface area contributed by atoms with Gasteiger partial charge in [0.25, 0.3) is 5.91 Å². The number of anilines is 1. The number of carbonyl (C=O) groups is 2. The number of urea groups is 1. The van der Waals surface area contributed by atoms with Crippen molar-refractivity contribution < 1.29 is 9.59 Å². The number of carbonyl (C=O) groups excluding carboxylic acids is 2. The van der Waals surface area contributed by atoms with E-state index in [2.05, 4.69) is 10.6 Å². The molecule has 1 aliphatic heterocycles. The fourth-order valence-corrected chi connectivity index (χ4v) is 3.08. The lowest BCUT2D eigenvalue weighted by Gasteiger charge is -2.32. The maximum absolute atomic E-state index is 12.6. The van der Waals surface area contributed by atoms with Crippen molar-refractivity contribution in [2.75, 3.05) is 18.4 Å². The number of hydrogen-bond donors (Lipinski definition) is 2. The molecule has 0 radical (unpaired) electrons. The van der Waals surface area contributed by atoms with Crippen LogP contribution in [-0.2, 0) is 0 Å². The number of rotatable bonds is 3. The van der Waals surface area contributed by atoms with Gasteiger partial charge in [-0.25, -0.2) is 4.79 Å². The molecule has 5 nitrogen and oxygen atoms in total. The predicted molar refractivity (Wildman–Crippen MR) is 98.7 cm³/mol. The molecule has 0 spiro atoms. The van der Waals surface area contributed by atoms with Gasteiger partial charge >= 0.3 is 6.03 Å². The van der Waals surface area contributed by atoms with E-state index in [0.717, 1.165) is 29.7 Å². The summed E-state index contributed by atoms with van der Waals surface area (Å²) in [6.07, 6.45) is 1.53. The van der Waals surface area contributed by atoms with Crippen molar-refractivity contribution >= 4 is 17.6 Å². The number of likely N-dealkylation sites (tertiary alicyclic amines) is 1. The number of nitrogens with zero attached hydrogens (tertiary/aromatic N) is 1. The van der Waals surface area contributed by atoms with Crippen LogP contribution in [0.25, 0.3) is 0 Å². The van der Waals surface area contributed by atoms with Gasteiger partial charge in [0, 0.05) is 30.4 Å². The average molecular weight is 337 g/mol. The molecule has 2 aromatic carbocycles. The average Bonchev–Trinajstić information content (AvgIpc) is 2.63. The third-order valence-electron chi connectivity index (χ3n) is 4.52. The molecule has 2 N–H and O–H groups in total. The normalized spacial score (nSPS) is 14.8. The molecule has 0 saturated carbocycles. The lowest BCUT2D eigenvalue weighted by molar-refractivity contribution is 0.0708. The van der Waals surface area contributed by atoms with E-state index in [1.54, 1.807) is 0 Å². The molecular weight excluding hydrogens is 314 g/mol. The van der Waals surface area contributed by atoms with E-state index < -0.39 is 0 Å². The van der Waals surface area contributed by atoms with Crippen molar-refractivity contribution in [1.82, 2.24) is 10.2 Å². The van der Waals surface area contributed by atoms with Gasteiger partial charge in [-0.15, -0.1) is 0 Å². The van der Waals surface area contributed by atoms with E-state index in [-0.39, 0.29) is 18.0 Å². The Morgan fingerprint density at radius 3 is 2.28 bits per heavy atom. The molecule has 3 amide bonds. The Hall–Kier alpha value is -2.82. The molecule has 5 heteroatoms. The molecule has 25 heavy (non-hydrogen) atoms. The zero-order valence-electron chi connectivity index (χ0n) is 14.4. The third kappa shape index (κ3) is 4.38. The Kier molecular flexibility index (Phi) is 5.33. The van der Waals surface area contributed by atoms with E-state index in [1.165, 1.54) is 0 Å². The predicted octanol–water partition coefficient (Wildman–Crippen LogP) is 3.42. The van der Waals surface area contributed by atoms with Crippen molar-refractivity contribution in [3.63, 3.8) is 0 Å². The summed E-state index contributed by atoms with van der Waals surface area (Å²) in [7, 11) is 0. The highest BCUT2D eigenvalue weighted by Gasteiger charge is 2.25. The number of amides is 3. The van der Waals surface area contributed by atoms with Crippen LogP contribution in [0.15, 0.2) is 54.6 Å². The first-order valence-electron chi connectivity index (χ1n) is 8.61. The van der Waals surface area contributed by atoms with Gasteiger partial charge in [0.2, 0.25) is 0 Å². The molecule has 0 unspecified atom stereocenters. The maximum Gasteiger partial charge on any atom is 0.319 e. The summed E-state index contributed by atoms with van der Waals surface area (Å²) < 4.78 is 0. The molecule has 130 valence electrons. The Bertz CT molecular complexity index is 738. The van der Waals surface area contributed by atoms with Gasteiger partial charge in [-0.3, -0.25) is 4.79 Å². The summed E-state index contributed by atoms with van der Waals surface area (Å²) in [5, 5.41) is 5.82. The summed E-state index contributed by atoms with van der Waals surface area (Å²) >= 11 is 0. The van der Waals surface area contributed by atoms with Crippen molar-refractivity contribution in [3.8, 4) is 0 Å². The smallest absolute Gasteiger partial charge is 0.319 e. The topological polar surface area (TPSA) is 61.4 Å². The van der Waals surface area contributed by atoms with Crippen LogP contribution in [0, 0.1) is 6.92 Å². The number of hydrogen-bond acceptors (Lipinski definition) is 2. The zero-order valence-corrected chi connectivity index (χ0v) is 14.4. The molecule has 0 bridgehead atoms. The molecule has 0 aliphatic carbocycles. The first kappa shape index (κ1) is 17.0. The van der Waals surface area contributed by atoms with Crippen LogP contribution in [-0.4, -0.2) is 36.0 Å². The first-order valence-corrected chi connectivity index (χ1v) is 8.61. The highest BCUT2D eigenvalue weighted by atomic mass is 16.2. The highest BCUT2D eigenvalue weighted by molar-refractivity contribution is 5.95. The fourth-order valence-electron chi connectivity index (χ4n) is 3.08. The van der Waals surface area contributed by atoms with Crippen LogP contribution in [0.5, 0.6) is 0 Å². The summed E-state index contributed by atoms with van der Waals surface area (Å²) in [4.78, 5) is 26.5. The minimum atomic E-state index is -0.199. The minimum Gasteiger partial charge on any atom is -0.338 e. The van der Waals surface area contributed by atoms with Crippen LogP contribution < -0.4 is 10.6 Å². The van der Waals surface area contributed by atoms with Crippen LogP contribution in [0.2, 0.25) is 0 Å². The number of para-hydroxylation sites is 1. The number of benzene rings is 2. The van der Waals surface area contributed by atoms with E-state index >= 15 is 0 Å². The van der Waals surface area contributed by atoms with Crippen LogP contribution in [0.3, 0.4) is 0 Å². The zero-order chi connectivity index (χ0) is 17.6. The second-order valence-electron chi connectivity index (χ2n) is 6.35. The SMILES string of the molecule is Cc1ccccc1C(=O)N1CCC(NC(=O)Nc2ccccc2)CC1. The minimum absolute atomic E-state index is 0.0743. The summed E-state index contributed by atoms with van der Waals surface area (Å²) in [6, 6.07) is 16.9. The molecule has 2 aromatic rings. The molecule has 1 aliphatic rings. The monoisotopic (exact) mass is 337 g/mol. The summed E-state index contributed by atoms with van der Waals surface area (Å²) in [6.45, 7) is 3.27. The Morgan fingerprint density at radius 1 is 0.960 bits per heavy atom. The van der Waals surface area contributed by atoms with Gasteiger partial charge in [0.15, 0.2) is 0 Å². The summed E-state index contributed by atoms with van der Waals surface area (Å²) in [5.74, 6) is 0.0743. The van der Waals surface area contributed by atoms with Gasteiger partial charge in [-0.1, -0.05) is 36.4 Å². The molecule has 0 aromatic heterocycles. The number of nitrogens with one attached hydrogen (secondary N) is 2. The Labute approximate surface area is 148 Å². The van der Waals surface area contributed by atoms with Gasteiger partial charge in [0.1, 0.15) is 0 Å². The molecule has 3 rings (SSSR count). The largest absolute Gasteiger partial charge is 0.338 e. The first-order chi connectivity index (χ1) is 12.1. The van der Waals surface area contributed by atoms with Crippen molar-refractivity contribution in [2.24, 2.45) is 0 Å². The second kappa shape index (κ2) is 7.83. The third-order valence-corrected chi connectivity index (χ3v) is 4.52. The lowest BCUT2D eigenvalue weighted by Crippen LogP contribution is -2.47. The molecule has 1 heterocycles. The van der Waals surface area contributed by atoms with Gasteiger partial charge < -0.3 is 15.5 Å². The van der Waals surface area contributed by atoms with Gasteiger partial charge in [-0.2, -0.15) is 0 Å². The van der Waals surface area contributed by atoms with E-state index in [9.17, 15) is 9.59 Å². The molecular formula is C20H23N3O2. The van der Waals surface area contributed by atoms with E-state index in [4.69, 9.17) is 0 Å². The van der Waals surface area contributed by atoms with Gasteiger partial charge in [-0.05, 0) is 43.5 Å². The van der Waals surface area contributed by atoms with E-state index in [1.807, 2.05) is 66.4 Å². The van der Waals surface area contributed by atoms with Gasteiger partial charge in [0.05, 0.1) is 0 Å². The number of aryl methyl sites for hydroxylation is 1. The molecule has 0 atom stereocenters. The van der Waals surface area contributed by atoms with Crippen molar-refractivity contribution in [1.29, 1.82) is 0 Å².